The third kappa shape index (κ3) is 2.42. The highest BCUT2D eigenvalue weighted by atomic mass is 16.6. The summed E-state index contributed by atoms with van der Waals surface area (Å²) in [5.74, 6) is 0. The lowest BCUT2D eigenvalue weighted by molar-refractivity contribution is -0.385. The van der Waals surface area contributed by atoms with Gasteiger partial charge in [0.05, 0.1) is 4.92 Å². The molecule has 2 bridgehead atoms. The maximum atomic E-state index is 10.9. The van der Waals surface area contributed by atoms with Crippen LogP contribution in [0.5, 0.6) is 0 Å². The lowest BCUT2D eigenvalue weighted by atomic mass is 10.1. The molecule has 2 atom stereocenters. The summed E-state index contributed by atoms with van der Waals surface area (Å²) in [5, 5.41) is 14.5. The Morgan fingerprint density at radius 1 is 1.32 bits per heavy atom. The molecule has 0 saturated carbocycles. The smallest absolute Gasteiger partial charge is 0.272 e. The first-order chi connectivity index (χ1) is 9.13. The summed E-state index contributed by atoms with van der Waals surface area (Å²) >= 11 is 0. The molecule has 1 aromatic rings. The maximum Gasteiger partial charge on any atom is 0.272 e. The molecule has 2 heterocycles. The molecule has 2 fully saturated rings. The molecule has 0 spiro atoms. The topological polar surface area (TPSA) is 58.4 Å². The summed E-state index contributed by atoms with van der Waals surface area (Å²) in [5.41, 5.74) is 2.06. The molecule has 5 heteroatoms. The van der Waals surface area contributed by atoms with Crippen LogP contribution in [-0.4, -0.2) is 30.1 Å². The highest BCUT2D eigenvalue weighted by Crippen LogP contribution is 2.28. The second kappa shape index (κ2) is 4.81. The van der Waals surface area contributed by atoms with Crippen LogP contribution in [0.2, 0.25) is 0 Å². The summed E-state index contributed by atoms with van der Waals surface area (Å²) < 4.78 is 0. The largest absolute Gasteiger partial charge is 0.370 e. The van der Waals surface area contributed by atoms with Crippen LogP contribution in [0, 0.1) is 17.0 Å². The predicted molar refractivity (Wildman–Crippen MR) is 74.6 cm³/mol. The first-order valence-electron chi connectivity index (χ1n) is 6.89. The van der Waals surface area contributed by atoms with Crippen molar-refractivity contribution in [3.63, 3.8) is 0 Å². The number of fused-ring (bicyclic) bond motifs is 2. The molecule has 1 N–H and O–H groups in total. The van der Waals surface area contributed by atoms with E-state index in [0.29, 0.717) is 12.1 Å². The van der Waals surface area contributed by atoms with E-state index in [1.807, 2.05) is 19.1 Å². The SMILES string of the molecule is Cc1cc(N2CCC3CCC(C2)N3)ccc1[N+](=O)[O-]. The van der Waals surface area contributed by atoms with E-state index < -0.39 is 0 Å². The molecule has 0 radical (unpaired) electrons. The highest BCUT2D eigenvalue weighted by molar-refractivity contribution is 5.55. The molecule has 1 aromatic carbocycles. The molecule has 0 aromatic heterocycles. The van der Waals surface area contributed by atoms with Crippen LogP contribution in [0.1, 0.15) is 24.8 Å². The predicted octanol–water partition coefficient (Wildman–Crippen LogP) is 2.23. The number of anilines is 1. The lowest BCUT2D eigenvalue weighted by Gasteiger charge is -2.26. The first-order valence-corrected chi connectivity index (χ1v) is 6.89. The second-order valence-electron chi connectivity index (χ2n) is 5.60. The Bertz CT molecular complexity index is 503. The fourth-order valence-corrected chi connectivity index (χ4v) is 3.22. The van der Waals surface area contributed by atoms with Crippen molar-refractivity contribution in [1.29, 1.82) is 0 Å². The number of rotatable bonds is 2. The van der Waals surface area contributed by atoms with Crippen LogP contribution < -0.4 is 10.2 Å². The molecule has 0 amide bonds. The minimum Gasteiger partial charge on any atom is -0.370 e. The number of benzene rings is 1. The standard InChI is InChI=1S/C14H19N3O2/c1-10-8-13(4-5-14(10)17(18)19)16-7-6-11-2-3-12(9-16)15-11/h4-5,8,11-12,15H,2-3,6-7,9H2,1H3. The molecular weight excluding hydrogens is 242 g/mol. The minimum absolute atomic E-state index is 0.207. The van der Waals surface area contributed by atoms with Crippen LogP contribution in [0.15, 0.2) is 18.2 Å². The maximum absolute atomic E-state index is 10.9. The van der Waals surface area contributed by atoms with Crippen LogP contribution in [0.4, 0.5) is 11.4 Å². The second-order valence-corrected chi connectivity index (χ2v) is 5.60. The molecule has 2 unspecified atom stereocenters. The van der Waals surface area contributed by atoms with Gasteiger partial charge in [-0.15, -0.1) is 0 Å². The van der Waals surface area contributed by atoms with E-state index in [9.17, 15) is 10.1 Å². The highest BCUT2D eigenvalue weighted by Gasteiger charge is 2.29. The molecule has 2 aliphatic heterocycles. The van der Waals surface area contributed by atoms with Gasteiger partial charge in [-0.2, -0.15) is 0 Å². The first kappa shape index (κ1) is 12.4. The van der Waals surface area contributed by atoms with Gasteiger partial charge in [0.15, 0.2) is 0 Å². The van der Waals surface area contributed by atoms with Gasteiger partial charge in [0.1, 0.15) is 0 Å². The van der Waals surface area contributed by atoms with Gasteiger partial charge in [0.25, 0.3) is 5.69 Å². The van der Waals surface area contributed by atoms with Gasteiger partial charge in [-0.05, 0) is 38.3 Å². The van der Waals surface area contributed by atoms with E-state index in [1.54, 1.807) is 6.07 Å². The Balaban J connectivity index is 1.82. The van der Waals surface area contributed by atoms with Gasteiger partial charge in [-0.25, -0.2) is 0 Å². The van der Waals surface area contributed by atoms with Crippen molar-refractivity contribution in [1.82, 2.24) is 5.32 Å². The number of aryl methyl sites for hydroxylation is 1. The van der Waals surface area contributed by atoms with Crippen molar-refractivity contribution >= 4 is 11.4 Å². The Hall–Kier alpha value is -1.62. The number of nitrogens with one attached hydrogen (secondary N) is 1. The number of nitrogens with zero attached hydrogens (tertiary/aromatic N) is 2. The Morgan fingerprint density at radius 2 is 2.11 bits per heavy atom. The molecular formula is C14H19N3O2. The summed E-state index contributed by atoms with van der Waals surface area (Å²) in [6.45, 7) is 3.85. The Morgan fingerprint density at radius 3 is 2.84 bits per heavy atom. The molecule has 2 saturated heterocycles. The number of hydrogen-bond acceptors (Lipinski definition) is 4. The van der Waals surface area contributed by atoms with Crippen molar-refractivity contribution in [2.24, 2.45) is 0 Å². The molecule has 3 rings (SSSR count). The average molecular weight is 261 g/mol. The number of nitro benzene ring substituents is 1. The molecule has 0 aliphatic carbocycles. The number of hydrogen-bond donors (Lipinski definition) is 1. The van der Waals surface area contributed by atoms with E-state index in [4.69, 9.17) is 0 Å². The third-order valence-electron chi connectivity index (χ3n) is 4.27. The zero-order chi connectivity index (χ0) is 13.4. The Kier molecular flexibility index (Phi) is 3.14. The normalized spacial score (nSPS) is 26.3. The zero-order valence-electron chi connectivity index (χ0n) is 11.1. The van der Waals surface area contributed by atoms with E-state index in [2.05, 4.69) is 10.2 Å². The summed E-state index contributed by atoms with van der Waals surface area (Å²) in [6.07, 6.45) is 3.69. The van der Waals surface area contributed by atoms with Crippen molar-refractivity contribution in [3.8, 4) is 0 Å². The Labute approximate surface area is 112 Å². The molecule has 5 nitrogen and oxygen atoms in total. The van der Waals surface area contributed by atoms with E-state index in [1.165, 1.54) is 12.8 Å². The summed E-state index contributed by atoms with van der Waals surface area (Å²) in [7, 11) is 0. The average Bonchev–Trinajstić information content (AvgIpc) is 2.68. The van der Waals surface area contributed by atoms with Crippen LogP contribution in [0.3, 0.4) is 0 Å². The van der Waals surface area contributed by atoms with Crippen molar-refractivity contribution in [2.45, 2.75) is 38.3 Å². The van der Waals surface area contributed by atoms with Crippen LogP contribution in [-0.2, 0) is 0 Å². The van der Waals surface area contributed by atoms with Gasteiger partial charge in [-0.3, -0.25) is 10.1 Å². The third-order valence-corrected chi connectivity index (χ3v) is 4.27. The van der Waals surface area contributed by atoms with Gasteiger partial charge in [-0.1, -0.05) is 0 Å². The van der Waals surface area contributed by atoms with Crippen LogP contribution in [0.25, 0.3) is 0 Å². The molecule has 2 aliphatic rings. The van der Waals surface area contributed by atoms with Gasteiger partial charge in [0.2, 0.25) is 0 Å². The van der Waals surface area contributed by atoms with Crippen LogP contribution >= 0.6 is 0 Å². The fourth-order valence-electron chi connectivity index (χ4n) is 3.22. The summed E-state index contributed by atoms with van der Waals surface area (Å²) in [4.78, 5) is 12.9. The van der Waals surface area contributed by atoms with E-state index in [-0.39, 0.29) is 10.6 Å². The molecule has 102 valence electrons. The quantitative estimate of drug-likeness (QED) is 0.655. The van der Waals surface area contributed by atoms with E-state index >= 15 is 0 Å². The van der Waals surface area contributed by atoms with Gasteiger partial charge >= 0.3 is 0 Å². The fraction of sp³-hybridized carbons (Fsp3) is 0.571. The van der Waals surface area contributed by atoms with E-state index in [0.717, 1.165) is 30.8 Å². The van der Waals surface area contributed by atoms with Crippen molar-refractivity contribution < 1.29 is 4.92 Å². The van der Waals surface area contributed by atoms with Gasteiger partial charge < -0.3 is 10.2 Å². The van der Waals surface area contributed by atoms with Crippen molar-refractivity contribution in [3.05, 3.63) is 33.9 Å². The van der Waals surface area contributed by atoms with Gasteiger partial charge in [0, 0.05) is 42.5 Å². The minimum atomic E-state index is -0.314. The monoisotopic (exact) mass is 261 g/mol. The number of nitro groups is 1. The van der Waals surface area contributed by atoms with Crippen molar-refractivity contribution in [2.75, 3.05) is 18.0 Å². The lowest BCUT2D eigenvalue weighted by Crippen LogP contribution is -2.35. The zero-order valence-corrected chi connectivity index (χ0v) is 11.1. The summed E-state index contributed by atoms with van der Waals surface area (Å²) in [6, 6.07) is 6.68. The molecule has 19 heavy (non-hydrogen) atoms.